The Morgan fingerprint density at radius 1 is 1.50 bits per heavy atom. The average Bonchev–Trinajstić information content (AvgIpc) is 2.81. The number of halogens is 2. The first kappa shape index (κ1) is 13.2. The van der Waals surface area contributed by atoms with Gasteiger partial charge in [0, 0.05) is 17.4 Å². The van der Waals surface area contributed by atoms with Crippen molar-refractivity contribution in [2.75, 3.05) is 0 Å². The third kappa shape index (κ3) is 2.79. The van der Waals surface area contributed by atoms with E-state index in [9.17, 15) is 9.50 Å². The van der Waals surface area contributed by atoms with Crippen LogP contribution in [0.25, 0.3) is 0 Å². The lowest BCUT2D eigenvalue weighted by molar-refractivity contribution is 0.168. The molecule has 0 saturated carbocycles. The fraction of sp³-hybridized carbons (Fsp3) is 0.308. The normalized spacial score (nSPS) is 12.7. The van der Waals surface area contributed by atoms with Crippen molar-refractivity contribution >= 4 is 15.9 Å². The number of aliphatic hydroxyl groups is 1. The predicted octanol–water partition coefficient (Wildman–Crippen LogP) is 3.08. The highest BCUT2D eigenvalue weighted by atomic mass is 79.9. The number of imidazole rings is 1. The van der Waals surface area contributed by atoms with Gasteiger partial charge in [-0.15, -0.1) is 0 Å². The van der Waals surface area contributed by atoms with Crippen LogP contribution in [-0.4, -0.2) is 14.7 Å². The Labute approximate surface area is 113 Å². The summed E-state index contributed by atoms with van der Waals surface area (Å²) < 4.78 is 15.5. The van der Waals surface area contributed by atoms with Gasteiger partial charge >= 0.3 is 0 Å². The SMILES string of the molecule is CCn1cncc1C(O)Cc1ccc(F)cc1Br. The van der Waals surface area contributed by atoms with Crippen LogP contribution in [0, 0.1) is 5.82 Å². The number of aryl methyl sites for hydroxylation is 1. The number of aromatic nitrogens is 2. The maximum atomic E-state index is 13.0. The summed E-state index contributed by atoms with van der Waals surface area (Å²) in [6.45, 7) is 2.75. The smallest absolute Gasteiger partial charge is 0.124 e. The van der Waals surface area contributed by atoms with Crippen molar-refractivity contribution in [3.8, 4) is 0 Å². The van der Waals surface area contributed by atoms with Crippen LogP contribution in [0.3, 0.4) is 0 Å². The van der Waals surface area contributed by atoms with Crippen molar-refractivity contribution in [1.82, 2.24) is 9.55 Å². The summed E-state index contributed by atoms with van der Waals surface area (Å²) in [5.74, 6) is -0.293. The highest BCUT2D eigenvalue weighted by Gasteiger charge is 2.14. The number of benzene rings is 1. The molecule has 1 aromatic heterocycles. The van der Waals surface area contributed by atoms with Crippen LogP contribution in [0.1, 0.15) is 24.3 Å². The molecule has 0 bridgehead atoms. The van der Waals surface area contributed by atoms with E-state index in [-0.39, 0.29) is 5.82 Å². The summed E-state index contributed by atoms with van der Waals surface area (Å²) >= 11 is 3.30. The Morgan fingerprint density at radius 2 is 2.28 bits per heavy atom. The summed E-state index contributed by atoms with van der Waals surface area (Å²) in [5, 5.41) is 10.2. The zero-order chi connectivity index (χ0) is 13.1. The first-order valence-corrected chi connectivity index (χ1v) is 6.53. The summed E-state index contributed by atoms with van der Waals surface area (Å²) in [7, 11) is 0. The number of aliphatic hydroxyl groups excluding tert-OH is 1. The highest BCUT2D eigenvalue weighted by molar-refractivity contribution is 9.10. The minimum atomic E-state index is -0.644. The van der Waals surface area contributed by atoms with Gasteiger partial charge in [0.25, 0.3) is 0 Å². The second-order valence-electron chi connectivity index (χ2n) is 4.06. The van der Waals surface area contributed by atoms with E-state index in [1.807, 2.05) is 11.5 Å². The number of nitrogens with zero attached hydrogens (tertiary/aromatic N) is 2. The molecule has 5 heteroatoms. The van der Waals surface area contributed by atoms with E-state index in [2.05, 4.69) is 20.9 Å². The molecule has 0 aliphatic rings. The molecule has 0 fully saturated rings. The molecular formula is C13H14BrFN2O. The molecule has 0 saturated heterocycles. The van der Waals surface area contributed by atoms with Crippen molar-refractivity contribution in [3.63, 3.8) is 0 Å². The summed E-state index contributed by atoms with van der Waals surface area (Å²) in [5.41, 5.74) is 1.64. The van der Waals surface area contributed by atoms with E-state index in [1.54, 1.807) is 18.6 Å². The molecule has 1 unspecified atom stereocenters. The van der Waals surface area contributed by atoms with Crippen LogP contribution in [0.4, 0.5) is 4.39 Å². The molecule has 0 spiro atoms. The van der Waals surface area contributed by atoms with Crippen molar-refractivity contribution in [2.24, 2.45) is 0 Å². The maximum absolute atomic E-state index is 13.0. The fourth-order valence-electron chi connectivity index (χ4n) is 1.87. The standard InChI is InChI=1S/C13H14BrFN2O/c1-2-17-8-16-7-12(17)13(18)5-9-3-4-10(15)6-11(9)14/h3-4,6-8,13,18H,2,5H2,1H3. The van der Waals surface area contributed by atoms with Crippen LogP contribution in [0.2, 0.25) is 0 Å². The van der Waals surface area contributed by atoms with Gasteiger partial charge in [-0.25, -0.2) is 9.37 Å². The lowest BCUT2D eigenvalue weighted by Crippen LogP contribution is -2.08. The second kappa shape index (κ2) is 5.63. The maximum Gasteiger partial charge on any atom is 0.124 e. The van der Waals surface area contributed by atoms with Crippen molar-refractivity contribution in [1.29, 1.82) is 0 Å². The molecule has 0 aliphatic heterocycles. The minimum Gasteiger partial charge on any atom is -0.386 e. The van der Waals surface area contributed by atoms with Gasteiger partial charge in [-0.05, 0) is 24.6 Å². The first-order valence-electron chi connectivity index (χ1n) is 5.73. The van der Waals surface area contributed by atoms with Gasteiger partial charge in [0.05, 0.1) is 24.3 Å². The fourth-order valence-corrected chi connectivity index (χ4v) is 2.39. The van der Waals surface area contributed by atoms with Gasteiger partial charge in [0.1, 0.15) is 5.82 Å². The molecule has 1 N–H and O–H groups in total. The highest BCUT2D eigenvalue weighted by Crippen LogP contribution is 2.24. The van der Waals surface area contributed by atoms with E-state index >= 15 is 0 Å². The topological polar surface area (TPSA) is 38.0 Å². The van der Waals surface area contributed by atoms with Gasteiger partial charge in [-0.1, -0.05) is 22.0 Å². The Kier molecular flexibility index (Phi) is 4.14. The molecular weight excluding hydrogens is 299 g/mol. The summed E-state index contributed by atoms with van der Waals surface area (Å²) in [6, 6.07) is 4.47. The summed E-state index contributed by atoms with van der Waals surface area (Å²) in [4.78, 5) is 4.02. The lowest BCUT2D eigenvalue weighted by Gasteiger charge is -2.13. The molecule has 1 heterocycles. The Bertz CT molecular complexity index is 542. The van der Waals surface area contributed by atoms with E-state index in [4.69, 9.17) is 0 Å². The molecule has 2 rings (SSSR count). The Morgan fingerprint density at radius 3 is 2.94 bits per heavy atom. The van der Waals surface area contributed by atoms with Crippen LogP contribution in [0.15, 0.2) is 35.2 Å². The zero-order valence-electron chi connectivity index (χ0n) is 9.98. The Balaban J connectivity index is 2.18. The van der Waals surface area contributed by atoms with Gasteiger partial charge in [0.2, 0.25) is 0 Å². The molecule has 96 valence electrons. The van der Waals surface area contributed by atoms with E-state index < -0.39 is 6.10 Å². The number of hydrogen-bond acceptors (Lipinski definition) is 2. The van der Waals surface area contributed by atoms with Gasteiger partial charge in [-0.3, -0.25) is 0 Å². The van der Waals surface area contributed by atoms with Crippen LogP contribution >= 0.6 is 15.9 Å². The van der Waals surface area contributed by atoms with Gasteiger partial charge in [-0.2, -0.15) is 0 Å². The van der Waals surface area contributed by atoms with E-state index in [0.29, 0.717) is 10.9 Å². The minimum absolute atomic E-state index is 0.293. The third-order valence-electron chi connectivity index (χ3n) is 2.85. The molecule has 3 nitrogen and oxygen atoms in total. The van der Waals surface area contributed by atoms with E-state index in [0.717, 1.165) is 17.8 Å². The second-order valence-corrected chi connectivity index (χ2v) is 4.91. The molecule has 1 atom stereocenters. The Hall–Kier alpha value is -1.20. The zero-order valence-corrected chi connectivity index (χ0v) is 11.6. The number of hydrogen-bond donors (Lipinski definition) is 1. The monoisotopic (exact) mass is 312 g/mol. The van der Waals surface area contributed by atoms with Gasteiger partial charge < -0.3 is 9.67 Å². The van der Waals surface area contributed by atoms with Gasteiger partial charge in [0.15, 0.2) is 0 Å². The van der Waals surface area contributed by atoms with Crippen LogP contribution in [-0.2, 0) is 13.0 Å². The molecule has 0 amide bonds. The summed E-state index contributed by atoms with van der Waals surface area (Å²) in [6.07, 6.45) is 3.13. The molecule has 0 aliphatic carbocycles. The third-order valence-corrected chi connectivity index (χ3v) is 3.59. The van der Waals surface area contributed by atoms with Crippen molar-refractivity contribution < 1.29 is 9.50 Å². The average molecular weight is 313 g/mol. The predicted molar refractivity (Wildman–Crippen MR) is 70.7 cm³/mol. The van der Waals surface area contributed by atoms with E-state index in [1.165, 1.54) is 12.1 Å². The molecule has 2 aromatic rings. The number of rotatable bonds is 4. The van der Waals surface area contributed by atoms with Crippen molar-refractivity contribution in [2.45, 2.75) is 26.0 Å². The van der Waals surface area contributed by atoms with Crippen molar-refractivity contribution in [3.05, 3.63) is 52.3 Å². The molecule has 18 heavy (non-hydrogen) atoms. The first-order chi connectivity index (χ1) is 8.61. The molecule has 0 radical (unpaired) electrons. The van der Waals surface area contributed by atoms with Crippen LogP contribution < -0.4 is 0 Å². The largest absolute Gasteiger partial charge is 0.386 e. The van der Waals surface area contributed by atoms with Crippen LogP contribution in [0.5, 0.6) is 0 Å². The quantitative estimate of drug-likeness (QED) is 0.942. The molecule has 1 aromatic carbocycles. The lowest BCUT2D eigenvalue weighted by atomic mass is 10.1.